The number of hydrogen-bond donors (Lipinski definition) is 0. The van der Waals surface area contributed by atoms with Gasteiger partial charge < -0.3 is 18.9 Å². The second kappa shape index (κ2) is 8.85. The lowest BCUT2D eigenvalue weighted by Crippen LogP contribution is -2.02. The number of aryl methyl sites for hydroxylation is 1. The number of ether oxygens (including phenoxy) is 4. The number of fused-ring (bicyclic) bond motifs is 5. The van der Waals surface area contributed by atoms with Gasteiger partial charge in [0.1, 0.15) is 5.75 Å². The fourth-order valence-corrected chi connectivity index (χ4v) is 3.68. The van der Waals surface area contributed by atoms with Gasteiger partial charge in [-0.1, -0.05) is 18.2 Å². The Kier molecular flexibility index (Phi) is 6.28. The van der Waals surface area contributed by atoms with E-state index in [1.165, 1.54) is 5.56 Å². The van der Waals surface area contributed by atoms with Gasteiger partial charge in [-0.3, -0.25) is 0 Å². The Bertz CT molecular complexity index is 824. The minimum Gasteiger partial charge on any atom is -0.496 e. The maximum absolute atomic E-state index is 5.76. The van der Waals surface area contributed by atoms with Crippen LogP contribution >= 0.6 is 0 Å². The number of allylic oxidation sites excluding steroid dienone is 2. The van der Waals surface area contributed by atoms with Crippen LogP contribution in [0.3, 0.4) is 0 Å². The average Bonchev–Trinajstić information content (AvgIpc) is 2.71. The first-order valence-electron chi connectivity index (χ1n) is 9.37. The van der Waals surface area contributed by atoms with Gasteiger partial charge in [0, 0.05) is 11.1 Å². The fraction of sp³-hybridized carbons (Fsp3) is 0.391. The van der Waals surface area contributed by atoms with Crippen LogP contribution in [-0.2, 0) is 12.8 Å². The second-order valence-electron chi connectivity index (χ2n) is 6.64. The van der Waals surface area contributed by atoms with Crippen molar-refractivity contribution in [3.8, 4) is 34.1 Å². The maximum atomic E-state index is 5.76. The zero-order valence-corrected chi connectivity index (χ0v) is 16.6. The Morgan fingerprint density at radius 1 is 0.704 bits per heavy atom. The molecule has 2 aromatic rings. The highest BCUT2D eigenvalue weighted by Gasteiger charge is 2.23. The lowest BCUT2D eigenvalue weighted by atomic mass is 9.95. The Labute approximate surface area is 161 Å². The molecule has 0 N–H and O–H groups in total. The summed E-state index contributed by atoms with van der Waals surface area (Å²) in [6, 6.07) is 8.47. The van der Waals surface area contributed by atoms with E-state index in [1.807, 2.05) is 6.07 Å². The molecule has 2 aromatic carbocycles. The quantitative estimate of drug-likeness (QED) is 0.694. The molecule has 3 rings (SSSR count). The molecule has 0 saturated heterocycles. The third kappa shape index (κ3) is 3.90. The third-order valence-electron chi connectivity index (χ3n) is 5.02. The van der Waals surface area contributed by atoms with Crippen LogP contribution in [0.1, 0.15) is 30.4 Å². The summed E-state index contributed by atoms with van der Waals surface area (Å²) in [4.78, 5) is 0. The molecule has 0 aliphatic heterocycles. The summed E-state index contributed by atoms with van der Waals surface area (Å²) in [6.07, 6.45) is 9.67. The summed E-state index contributed by atoms with van der Waals surface area (Å²) < 4.78 is 22.8. The van der Waals surface area contributed by atoms with Crippen molar-refractivity contribution in [3.05, 3.63) is 47.5 Å². The topological polar surface area (TPSA) is 36.9 Å². The van der Waals surface area contributed by atoms with Gasteiger partial charge in [-0.05, 0) is 61.4 Å². The molecule has 144 valence electrons. The zero-order chi connectivity index (χ0) is 19.2. The normalized spacial score (nSPS) is 13.8. The van der Waals surface area contributed by atoms with Crippen LogP contribution in [0.4, 0.5) is 0 Å². The Balaban J connectivity index is 2.30. The van der Waals surface area contributed by atoms with Gasteiger partial charge in [0.2, 0.25) is 5.75 Å². The van der Waals surface area contributed by atoms with Gasteiger partial charge in [0.05, 0.1) is 28.4 Å². The van der Waals surface area contributed by atoms with E-state index in [-0.39, 0.29) is 0 Å². The molecule has 0 radical (unpaired) electrons. The molecule has 0 atom stereocenters. The summed E-state index contributed by atoms with van der Waals surface area (Å²) in [5.41, 5.74) is 4.33. The largest absolute Gasteiger partial charge is 0.496 e. The molecule has 0 aromatic heterocycles. The summed E-state index contributed by atoms with van der Waals surface area (Å²) in [6.45, 7) is 0. The van der Waals surface area contributed by atoms with Crippen molar-refractivity contribution < 1.29 is 18.9 Å². The van der Waals surface area contributed by atoms with Gasteiger partial charge in [0.25, 0.3) is 0 Å². The molecule has 4 heteroatoms. The standard InChI is InChI=1S/C23H28O4/c1-24-20-13-12-16-10-8-6-5-7-9-11-17-15-19(18(20)14-16)22(26-3)23(27-4)21(17)25-2/h6,8,12-15H,5,7,9-11H2,1-4H3. The van der Waals surface area contributed by atoms with Crippen LogP contribution < -0.4 is 18.9 Å². The first kappa shape index (κ1) is 19.2. The molecule has 4 nitrogen and oxygen atoms in total. The van der Waals surface area contributed by atoms with Crippen molar-refractivity contribution in [2.24, 2.45) is 0 Å². The smallest absolute Gasteiger partial charge is 0.204 e. The van der Waals surface area contributed by atoms with Crippen LogP contribution in [0.5, 0.6) is 23.0 Å². The van der Waals surface area contributed by atoms with Gasteiger partial charge in [-0.15, -0.1) is 0 Å². The highest BCUT2D eigenvalue weighted by Crippen LogP contribution is 2.49. The summed E-state index contributed by atoms with van der Waals surface area (Å²) in [5.74, 6) is 2.86. The van der Waals surface area contributed by atoms with Gasteiger partial charge in [0.15, 0.2) is 11.5 Å². The predicted molar refractivity (Wildman–Crippen MR) is 108 cm³/mol. The van der Waals surface area contributed by atoms with Crippen molar-refractivity contribution in [3.63, 3.8) is 0 Å². The van der Waals surface area contributed by atoms with Crippen LogP contribution in [0.15, 0.2) is 36.4 Å². The zero-order valence-electron chi connectivity index (χ0n) is 16.6. The first-order valence-corrected chi connectivity index (χ1v) is 9.37. The van der Waals surface area contributed by atoms with Crippen LogP contribution in [0, 0.1) is 0 Å². The molecular formula is C23H28O4. The lowest BCUT2D eigenvalue weighted by molar-refractivity contribution is 0.322. The highest BCUT2D eigenvalue weighted by molar-refractivity contribution is 5.82. The second-order valence-corrected chi connectivity index (χ2v) is 6.64. The van der Waals surface area contributed by atoms with E-state index in [0.717, 1.165) is 60.3 Å². The minimum atomic E-state index is 0.632. The maximum Gasteiger partial charge on any atom is 0.204 e. The number of benzene rings is 2. The van der Waals surface area contributed by atoms with E-state index in [1.54, 1.807) is 28.4 Å². The summed E-state index contributed by atoms with van der Waals surface area (Å²) in [7, 11) is 6.69. The summed E-state index contributed by atoms with van der Waals surface area (Å²) in [5, 5.41) is 0. The van der Waals surface area contributed by atoms with E-state index in [4.69, 9.17) is 18.9 Å². The number of rotatable bonds is 4. The number of hydrogen-bond acceptors (Lipinski definition) is 4. The monoisotopic (exact) mass is 368 g/mol. The molecule has 0 fully saturated rings. The molecule has 4 bridgehead atoms. The minimum absolute atomic E-state index is 0.632. The lowest BCUT2D eigenvalue weighted by Gasteiger charge is -2.21. The molecule has 0 unspecified atom stereocenters. The molecule has 1 aliphatic carbocycles. The Hall–Kier alpha value is -2.62. The van der Waals surface area contributed by atoms with Crippen LogP contribution in [0.2, 0.25) is 0 Å². The van der Waals surface area contributed by atoms with Crippen molar-refractivity contribution in [1.82, 2.24) is 0 Å². The Morgan fingerprint density at radius 2 is 1.48 bits per heavy atom. The molecule has 0 heterocycles. The van der Waals surface area contributed by atoms with Gasteiger partial charge >= 0.3 is 0 Å². The van der Waals surface area contributed by atoms with Crippen molar-refractivity contribution in [2.75, 3.05) is 28.4 Å². The molecule has 27 heavy (non-hydrogen) atoms. The fourth-order valence-electron chi connectivity index (χ4n) is 3.68. The predicted octanol–water partition coefficient (Wildman–Crippen LogP) is 5.21. The van der Waals surface area contributed by atoms with E-state index >= 15 is 0 Å². The van der Waals surface area contributed by atoms with Gasteiger partial charge in [-0.2, -0.15) is 0 Å². The van der Waals surface area contributed by atoms with Crippen molar-refractivity contribution >= 4 is 0 Å². The SMILES string of the molecule is COc1ccc2cc1-c1cc(c(OC)c(OC)c1OC)CCCCC=CC2. The molecule has 0 spiro atoms. The van der Waals surface area contributed by atoms with E-state index in [2.05, 4.69) is 30.4 Å². The molecule has 0 saturated carbocycles. The average molecular weight is 368 g/mol. The van der Waals surface area contributed by atoms with Crippen LogP contribution in [0.25, 0.3) is 11.1 Å². The van der Waals surface area contributed by atoms with Crippen LogP contribution in [-0.4, -0.2) is 28.4 Å². The highest BCUT2D eigenvalue weighted by atomic mass is 16.5. The van der Waals surface area contributed by atoms with E-state index in [9.17, 15) is 0 Å². The molecular weight excluding hydrogens is 340 g/mol. The summed E-state index contributed by atoms with van der Waals surface area (Å²) >= 11 is 0. The van der Waals surface area contributed by atoms with Crippen molar-refractivity contribution in [1.29, 1.82) is 0 Å². The van der Waals surface area contributed by atoms with Gasteiger partial charge in [-0.25, -0.2) is 0 Å². The molecule has 1 aliphatic rings. The first-order chi connectivity index (χ1) is 13.2. The number of methoxy groups -OCH3 is 4. The van der Waals surface area contributed by atoms with E-state index in [0.29, 0.717) is 11.5 Å². The Morgan fingerprint density at radius 3 is 2.19 bits per heavy atom. The molecule has 0 amide bonds. The van der Waals surface area contributed by atoms with Crippen molar-refractivity contribution in [2.45, 2.75) is 32.1 Å². The third-order valence-corrected chi connectivity index (χ3v) is 5.02. The van der Waals surface area contributed by atoms with E-state index < -0.39 is 0 Å².